The summed E-state index contributed by atoms with van der Waals surface area (Å²) in [5, 5.41) is 5.95. The molecule has 4 heteroatoms. The van der Waals surface area contributed by atoms with Crippen LogP contribution in [0.25, 0.3) is 0 Å². The van der Waals surface area contributed by atoms with Crippen LogP contribution in [0.1, 0.15) is 31.5 Å². The molecule has 0 unspecified atom stereocenters. The third-order valence-electron chi connectivity index (χ3n) is 1.95. The normalized spacial score (nSPS) is 10.7. The van der Waals surface area contributed by atoms with Crippen LogP contribution in [0, 0.1) is 5.92 Å². The molecule has 1 heterocycles. The van der Waals surface area contributed by atoms with Gasteiger partial charge in [0.1, 0.15) is 0 Å². The topological polar surface area (TPSA) is 42.0 Å². The minimum absolute atomic E-state index is 0.0663. The van der Waals surface area contributed by atoms with Crippen molar-refractivity contribution in [1.29, 1.82) is 0 Å². The van der Waals surface area contributed by atoms with E-state index in [9.17, 15) is 4.79 Å². The fraction of sp³-hybridized carbons (Fsp3) is 0.636. The second kappa shape index (κ2) is 5.85. The molecule has 0 bridgehead atoms. The Hall–Kier alpha value is -0.900. The summed E-state index contributed by atoms with van der Waals surface area (Å²) in [5.74, 6) is 0.562. The molecule has 1 N–H and O–H groups in total. The average Bonchev–Trinajstić information content (AvgIpc) is 2.62. The van der Waals surface area contributed by atoms with Crippen molar-refractivity contribution in [3.05, 3.63) is 16.1 Å². The van der Waals surface area contributed by atoms with Crippen molar-refractivity contribution in [2.45, 2.75) is 33.6 Å². The average molecular weight is 226 g/mol. The second-order valence-electron chi connectivity index (χ2n) is 3.96. The van der Waals surface area contributed by atoms with Crippen LogP contribution in [0.5, 0.6) is 0 Å². The zero-order valence-electron chi connectivity index (χ0n) is 9.54. The van der Waals surface area contributed by atoms with Gasteiger partial charge in [-0.15, -0.1) is 11.3 Å². The minimum atomic E-state index is 0.0663. The summed E-state index contributed by atoms with van der Waals surface area (Å²) >= 11 is 1.62. The molecule has 1 rings (SSSR count). The monoisotopic (exact) mass is 226 g/mol. The fourth-order valence-corrected chi connectivity index (χ4v) is 1.88. The Morgan fingerprint density at radius 3 is 2.87 bits per heavy atom. The molecule has 0 saturated heterocycles. The van der Waals surface area contributed by atoms with Gasteiger partial charge in [0, 0.05) is 11.9 Å². The maximum absolute atomic E-state index is 11.5. The molecule has 1 aromatic rings. The molecular weight excluding hydrogens is 208 g/mol. The van der Waals surface area contributed by atoms with E-state index in [1.165, 1.54) is 0 Å². The van der Waals surface area contributed by atoms with Gasteiger partial charge >= 0.3 is 0 Å². The molecule has 15 heavy (non-hydrogen) atoms. The maximum Gasteiger partial charge on any atom is 0.226 e. The predicted octanol–water partition coefficient (Wildman–Crippen LogP) is 2.02. The van der Waals surface area contributed by atoms with Gasteiger partial charge in [-0.2, -0.15) is 0 Å². The lowest BCUT2D eigenvalue weighted by Gasteiger charge is -2.05. The van der Waals surface area contributed by atoms with Gasteiger partial charge in [-0.05, 0) is 12.3 Å². The highest BCUT2D eigenvalue weighted by Gasteiger charge is 2.06. The first-order valence-corrected chi connectivity index (χ1v) is 6.19. The third kappa shape index (κ3) is 4.42. The first-order valence-electron chi connectivity index (χ1n) is 5.31. The van der Waals surface area contributed by atoms with Crippen molar-refractivity contribution < 1.29 is 4.79 Å². The Balaban J connectivity index is 2.37. The molecule has 0 aliphatic carbocycles. The minimum Gasteiger partial charge on any atom is -0.356 e. The third-order valence-corrected chi connectivity index (χ3v) is 2.99. The summed E-state index contributed by atoms with van der Waals surface area (Å²) < 4.78 is 0. The molecule has 0 fully saturated rings. The standard InChI is InChI=1S/C11H18N2OS/c1-4-11-13-9(7-15-11)5-10(14)12-6-8(2)3/h7-8H,4-6H2,1-3H3,(H,12,14). The lowest BCUT2D eigenvalue weighted by Crippen LogP contribution is -2.28. The van der Waals surface area contributed by atoms with Crippen molar-refractivity contribution in [3.63, 3.8) is 0 Å². The van der Waals surface area contributed by atoms with Crippen LogP contribution in [0.2, 0.25) is 0 Å². The molecule has 0 spiro atoms. The van der Waals surface area contributed by atoms with Gasteiger partial charge in [0.15, 0.2) is 0 Å². The second-order valence-corrected chi connectivity index (χ2v) is 4.90. The van der Waals surface area contributed by atoms with E-state index < -0.39 is 0 Å². The van der Waals surface area contributed by atoms with Gasteiger partial charge in [-0.3, -0.25) is 4.79 Å². The fourth-order valence-electron chi connectivity index (χ4n) is 1.14. The molecule has 1 aromatic heterocycles. The van der Waals surface area contributed by atoms with Gasteiger partial charge in [0.05, 0.1) is 17.1 Å². The van der Waals surface area contributed by atoms with Crippen molar-refractivity contribution in [2.75, 3.05) is 6.54 Å². The van der Waals surface area contributed by atoms with Crippen molar-refractivity contribution >= 4 is 17.2 Å². The number of hydrogen-bond acceptors (Lipinski definition) is 3. The Bertz CT molecular complexity index is 320. The largest absolute Gasteiger partial charge is 0.356 e. The summed E-state index contributed by atoms with van der Waals surface area (Å²) in [4.78, 5) is 15.8. The first-order chi connectivity index (χ1) is 7.11. The van der Waals surface area contributed by atoms with E-state index in [4.69, 9.17) is 0 Å². The van der Waals surface area contributed by atoms with Crippen molar-refractivity contribution in [3.8, 4) is 0 Å². The number of hydrogen-bond donors (Lipinski definition) is 1. The molecule has 0 atom stereocenters. The molecule has 84 valence electrons. The molecule has 0 saturated carbocycles. The number of rotatable bonds is 5. The van der Waals surface area contributed by atoms with Crippen LogP contribution in [0.15, 0.2) is 5.38 Å². The summed E-state index contributed by atoms with van der Waals surface area (Å²) in [6.07, 6.45) is 1.35. The van der Waals surface area contributed by atoms with Gasteiger partial charge in [-0.1, -0.05) is 20.8 Å². The molecule has 3 nitrogen and oxygen atoms in total. The number of aromatic nitrogens is 1. The highest BCUT2D eigenvalue weighted by Crippen LogP contribution is 2.10. The number of aryl methyl sites for hydroxylation is 1. The van der Waals surface area contributed by atoms with Gasteiger partial charge in [0.2, 0.25) is 5.91 Å². The number of nitrogens with one attached hydrogen (secondary N) is 1. The molecular formula is C11H18N2OS. The Labute approximate surface area is 94.9 Å². The van der Waals surface area contributed by atoms with E-state index in [2.05, 4.69) is 31.1 Å². The van der Waals surface area contributed by atoms with Crippen molar-refractivity contribution in [2.24, 2.45) is 5.92 Å². The lowest BCUT2D eigenvalue weighted by atomic mass is 10.2. The zero-order valence-corrected chi connectivity index (χ0v) is 10.4. The number of amides is 1. The number of thiazole rings is 1. The van der Waals surface area contributed by atoms with E-state index >= 15 is 0 Å². The maximum atomic E-state index is 11.5. The van der Waals surface area contributed by atoms with Crippen LogP contribution >= 0.6 is 11.3 Å². The van der Waals surface area contributed by atoms with Crippen molar-refractivity contribution in [1.82, 2.24) is 10.3 Å². The van der Waals surface area contributed by atoms with Crippen LogP contribution in [-0.2, 0) is 17.6 Å². The smallest absolute Gasteiger partial charge is 0.226 e. The van der Waals surface area contributed by atoms with Crippen LogP contribution < -0.4 is 5.32 Å². The molecule has 0 aliphatic heterocycles. The van der Waals surface area contributed by atoms with E-state index in [-0.39, 0.29) is 5.91 Å². The van der Waals surface area contributed by atoms with E-state index in [1.54, 1.807) is 11.3 Å². The van der Waals surface area contributed by atoms with Gasteiger partial charge in [0.25, 0.3) is 0 Å². The lowest BCUT2D eigenvalue weighted by molar-refractivity contribution is -0.120. The summed E-state index contributed by atoms with van der Waals surface area (Å²) in [6, 6.07) is 0. The molecule has 0 radical (unpaired) electrons. The van der Waals surface area contributed by atoms with E-state index in [0.717, 1.165) is 23.7 Å². The SMILES string of the molecule is CCc1nc(CC(=O)NCC(C)C)cs1. The molecule has 0 aliphatic rings. The van der Waals surface area contributed by atoms with Crippen LogP contribution in [0.3, 0.4) is 0 Å². The van der Waals surface area contributed by atoms with E-state index in [1.807, 2.05) is 5.38 Å². The number of nitrogens with zero attached hydrogens (tertiary/aromatic N) is 1. The van der Waals surface area contributed by atoms with E-state index in [0.29, 0.717) is 12.3 Å². The summed E-state index contributed by atoms with van der Waals surface area (Å²) in [7, 11) is 0. The summed E-state index contributed by atoms with van der Waals surface area (Å²) in [5.41, 5.74) is 0.887. The number of carbonyl (C=O) groups excluding carboxylic acids is 1. The van der Waals surface area contributed by atoms with Gasteiger partial charge < -0.3 is 5.32 Å². The first kappa shape index (κ1) is 12.2. The highest BCUT2D eigenvalue weighted by molar-refractivity contribution is 7.09. The molecule has 0 aromatic carbocycles. The zero-order chi connectivity index (χ0) is 11.3. The molecule has 1 amide bonds. The summed E-state index contributed by atoms with van der Waals surface area (Å²) in [6.45, 7) is 6.97. The Kier molecular flexibility index (Phi) is 4.75. The van der Waals surface area contributed by atoms with Gasteiger partial charge in [-0.25, -0.2) is 4.98 Å². The highest BCUT2D eigenvalue weighted by atomic mass is 32.1. The predicted molar refractivity (Wildman–Crippen MR) is 63.0 cm³/mol. The Morgan fingerprint density at radius 2 is 2.33 bits per heavy atom. The van der Waals surface area contributed by atoms with Crippen LogP contribution in [0.4, 0.5) is 0 Å². The number of carbonyl (C=O) groups is 1. The quantitative estimate of drug-likeness (QED) is 0.834. The Morgan fingerprint density at radius 1 is 1.60 bits per heavy atom. The van der Waals surface area contributed by atoms with Crippen LogP contribution in [-0.4, -0.2) is 17.4 Å².